The molecule has 4 nitrogen and oxygen atoms in total. The number of thiophene rings is 1. The number of carbonyl (C=O) groups is 1. The number of rotatable bonds is 6. The molecule has 3 rings (SSSR count). The number of amides is 1. The van der Waals surface area contributed by atoms with Crippen molar-refractivity contribution < 1.29 is 18.3 Å². The standard InChI is InChI=1S/C17H12F2N2O2S2/c18-16(19)23-14-6-2-1-5-12(14)13-10-25-17(20-13)21-15(22)8-7-11-4-3-9-24-11/h1-10,16H,(H,20,21,22)/b8-7+. The van der Waals surface area contributed by atoms with Crippen LogP contribution < -0.4 is 10.1 Å². The molecule has 0 radical (unpaired) electrons. The highest BCUT2D eigenvalue weighted by Gasteiger charge is 2.13. The number of ether oxygens (including phenoxy) is 1. The van der Waals surface area contributed by atoms with Crippen molar-refractivity contribution in [1.82, 2.24) is 4.98 Å². The van der Waals surface area contributed by atoms with Gasteiger partial charge in [0.15, 0.2) is 5.13 Å². The minimum Gasteiger partial charge on any atom is -0.434 e. The average molecular weight is 378 g/mol. The fourth-order valence-electron chi connectivity index (χ4n) is 2.02. The second-order valence-corrected chi connectivity index (χ2v) is 6.59. The first kappa shape index (κ1) is 17.2. The van der Waals surface area contributed by atoms with E-state index in [1.807, 2.05) is 17.5 Å². The fraction of sp³-hybridized carbons (Fsp3) is 0.0588. The molecule has 3 aromatic rings. The molecule has 0 unspecified atom stereocenters. The van der Waals surface area contributed by atoms with E-state index in [0.29, 0.717) is 16.4 Å². The third-order valence-corrected chi connectivity index (χ3v) is 4.65. The lowest BCUT2D eigenvalue weighted by Crippen LogP contribution is -2.07. The highest BCUT2D eigenvalue weighted by molar-refractivity contribution is 7.14. The maximum Gasteiger partial charge on any atom is 0.387 e. The van der Waals surface area contributed by atoms with E-state index in [0.717, 1.165) is 4.88 Å². The maximum absolute atomic E-state index is 12.5. The molecular formula is C17H12F2N2O2S2. The van der Waals surface area contributed by atoms with E-state index in [2.05, 4.69) is 15.0 Å². The van der Waals surface area contributed by atoms with Crippen LogP contribution in [0, 0.1) is 0 Å². The number of nitrogens with one attached hydrogen (secondary N) is 1. The monoisotopic (exact) mass is 378 g/mol. The Kier molecular flexibility index (Phi) is 5.52. The zero-order valence-corrected chi connectivity index (χ0v) is 14.3. The Bertz CT molecular complexity index is 876. The number of halogens is 2. The third kappa shape index (κ3) is 4.71. The Morgan fingerprint density at radius 2 is 2.04 bits per heavy atom. The van der Waals surface area contributed by atoms with Crippen molar-refractivity contribution in [2.24, 2.45) is 0 Å². The number of anilines is 1. The van der Waals surface area contributed by atoms with Crippen LogP contribution in [0.3, 0.4) is 0 Å². The summed E-state index contributed by atoms with van der Waals surface area (Å²) >= 11 is 2.73. The van der Waals surface area contributed by atoms with E-state index in [1.54, 1.807) is 29.7 Å². The van der Waals surface area contributed by atoms with Crippen molar-refractivity contribution in [2.75, 3.05) is 5.32 Å². The van der Waals surface area contributed by atoms with Crippen molar-refractivity contribution in [1.29, 1.82) is 0 Å². The minimum absolute atomic E-state index is 0.0401. The molecule has 2 aromatic heterocycles. The van der Waals surface area contributed by atoms with Crippen LogP contribution in [-0.2, 0) is 4.79 Å². The van der Waals surface area contributed by atoms with Gasteiger partial charge in [-0.05, 0) is 29.7 Å². The van der Waals surface area contributed by atoms with Gasteiger partial charge in [-0.2, -0.15) is 8.78 Å². The van der Waals surface area contributed by atoms with Gasteiger partial charge in [-0.25, -0.2) is 4.98 Å². The first-order chi connectivity index (χ1) is 12.1. The molecule has 25 heavy (non-hydrogen) atoms. The van der Waals surface area contributed by atoms with Crippen molar-refractivity contribution in [3.05, 3.63) is 58.1 Å². The van der Waals surface area contributed by atoms with Crippen LogP contribution in [0.15, 0.2) is 53.2 Å². The Balaban J connectivity index is 1.71. The molecule has 0 saturated heterocycles. The first-order valence-electron chi connectivity index (χ1n) is 7.14. The molecule has 0 fully saturated rings. The molecule has 0 atom stereocenters. The molecule has 0 saturated carbocycles. The van der Waals surface area contributed by atoms with E-state index in [4.69, 9.17) is 0 Å². The van der Waals surface area contributed by atoms with Gasteiger partial charge in [0.1, 0.15) is 5.75 Å². The smallest absolute Gasteiger partial charge is 0.387 e. The number of thiazole rings is 1. The molecular weight excluding hydrogens is 366 g/mol. The number of para-hydroxylation sites is 1. The van der Waals surface area contributed by atoms with E-state index in [1.165, 1.54) is 34.8 Å². The molecule has 1 amide bonds. The van der Waals surface area contributed by atoms with E-state index in [-0.39, 0.29) is 11.7 Å². The normalized spacial score (nSPS) is 11.2. The van der Waals surface area contributed by atoms with Crippen LogP contribution in [0.2, 0.25) is 0 Å². The predicted octanol–water partition coefficient (Wildman–Crippen LogP) is 5.12. The van der Waals surface area contributed by atoms with Gasteiger partial charge in [0.2, 0.25) is 5.91 Å². The van der Waals surface area contributed by atoms with Crippen LogP contribution >= 0.6 is 22.7 Å². The van der Waals surface area contributed by atoms with Crippen molar-refractivity contribution >= 4 is 39.8 Å². The van der Waals surface area contributed by atoms with Crippen molar-refractivity contribution in [3.63, 3.8) is 0 Å². The molecule has 0 aliphatic heterocycles. The van der Waals surface area contributed by atoms with Gasteiger partial charge in [-0.1, -0.05) is 18.2 Å². The summed E-state index contributed by atoms with van der Waals surface area (Å²) in [7, 11) is 0. The molecule has 0 bridgehead atoms. The molecule has 1 N–H and O–H groups in total. The Labute approximate surface area is 150 Å². The molecule has 0 spiro atoms. The zero-order valence-electron chi connectivity index (χ0n) is 12.7. The molecule has 8 heteroatoms. The molecule has 0 aliphatic carbocycles. The molecule has 2 heterocycles. The minimum atomic E-state index is -2.92. The number of carbonyl (C=O) groups excluding carboxylic acids is 1. The van der Waals surface area contributed by atoms with Crippen molar-refractivity contribution in [3.8, 4) is 17.0 Å². The second kappa shape index (κ2) is 8.00. The summed E-state index contributed by atoms with van der Waals surface area (Å²) in [5, 5.41) is 6.62. The van der Waals surface area contributed by atoms with Gasteiger partial charge in [0, 0.05) is 21.9 Å². The van der Waals surface area contributed by atoms with Gasteiger partial charge in [0.25, 0.3) is 0 Å². The molecule has 128 valence electrons. The summed E-state index contributed by atoms with van der Waals surface area (Å²) in [6.07, 6.45) is 3.13. The summed E-state index contributed by atoms with van der Waals surface area (Å²) < 4.78 is 29.5. The van der Waals surface area contributed by atoms with Crippen LogP contribution in [0.1, 0.15) is 4.88 Å². The number of alkyl halides is 2. The highest BCUT2D eigenvalue weighted by atomic mass is 32.1. The summed E-state index contributed by atoms with van der Waals surface area (Å²) in [6.45, 7) is -2.92. The third-order valence-electron chi connectivity index (χ3n) is 3.06. The number of benzene rings is 1. The van der Waals surface area contributed by atoms with Crippen molar-refractivity contribution in [2.45, 2.75) is 6.61 Å². The van der Waals surface area contributed by atoms with E-state index >= 15 is 0 Å². The number of nitrogens with zero attached hydrogens (tertiary/aromatic N) is 1. The van der Waals surface area contributed by atoms with Gasteiger partial charge >= 0.3 is 6.61 Å². The largest absolute Gasteiger partial charge is 0.434 e. The summed E-state index contributed by atoms with van der Waals surface area (Å²) in [4.78, 5) is 17.1. The van der Waals surface area contributed by atoms with Gasteiger partial charge in [0.05, 0.1) is 5.69 Å². The number of hydrogen-bond donors (Lipinski definition) is 1. The highest BCUT2D eigenvalue weighted by Crippen LogP contribution is 2.32. The second-order valence-electron chi connectivity index (χ2n) is 4.75. The average Bonchev–Trinajstić information content (AvgIpc) is 3.24. The summed E-state index contributed by atoms with van der Waals surface area (Å²) in [6, 6.07) is 10.2. The Morgan fingerprint density at radius 3 is 2.80 bits per heavy atom. The topological polar surface area (TPSA) is 51.2 Å². The molecule has 1 aromatic carbocycles. The van der Waals surface area contributed by atoms with E-state index < -0.39 is 6.61 Å². The van der Waals surface area contributed by atoms with Gasteiger partial charge in [-0.15, -0.1) is 22.7 Å². The predicted molar refractivity (Wildman–Crippen MR) is 96.2 cm³/mol. The SMILES string of the molecule is O=C(/C=C/c1cccs1)Nc1nc(-c2ccccc2OC(F)F)cs1. The summed E-state index contributed by atoms with van der Waals surface area (Å²) in [5.41, 5.74) is 0.896. The first-order valence-corrected chi connectivity index (χ1v) is 8.90. The maximum atomic E-state index is 12.5. The number of aromatic nitrogens is 1. The van der Waals surface area contributed by atoms with Crippen LogP contribution in [0.25, 0.3) is 17.3 Å². The van der Waals surface area contributed by atoms with Crippen LogP contribution in [0.5, 0.6) is 5.75 Å². The van der Waals surface area contributed by atoms with Gasteiger partial charge < -0.3 is 4.74 Å². The van der Waals surface area contributed by atoms with Gasteiger partial charge in [-0.3, -0.25) is 10.1 Å². The lowest BCUT2D eigenvalue weighted by Gasteiger charge is -2.08. The Morgan fingerprint density at radius 1 is 1.20 bits per heavy atom. The summed E-state index contributed by atoms with van der Waals surface area (Å²) in [5.74, 6) is -0.273. The quantitative estimate of drug-likeness (QED) is 0.606. The van der Waals surface area contributed by atoms with Crippen LogP contribution in [-0.4, -0.2) is 17.5 Å². The van der Waals surface area contributed by atoms with E-state index in [9.17, 15) is 13.6 Å². The fourth-order valence-corrected chi connectivity index (χ4v) is 3.35. The number of hydrogen-bond acceptors (Lipinski definition) is 5. The lowest BCUT2D eigenvalue weighted by molar-refractivity contribution is -0.111. The Hall–Kier alpha value is -2.58. The lowest BCUT2D eigenvalue weighted by atomic mass is 10.1. The van der Waals surface area contributed by atoms with Crippen LogP contribution in [0.4, 0.5) is 13.9 Å². The zero-order chi connectivity index (χ0) is 17.6. The molecule has 0 aliphatic rings.